The Morgan fingerprint density at radius 1 is 1.04 bits per heavy atom. The van der Waals surface area contributed by atoms with Crippen molar-refractivity contribution < 1.29 is 36.3 Å². The van der Waals surface area contributed by atoms with E-state index in [-0.39, 0.29) is 41.7 Å². The summed E-state index contributed by atoms with van der Waals surface area (Å²) < 4.78 is 66.8. The van der Waals surface area contributed by atoms with E-state index in [0.29, 0.717) is 34.6 Å². The molecule has 0 spiro atoms. The summed E-state index contributed by atoms with van der Waals surface area (Å²) in [5, 5.41) is 11.0. The molecule has 2 N–H and O–H groups in total. The number of carbonyl (C=O) groups excluding carboxylic acids is 1. The largest absolute Gasteiger partial charge is 0.496 e. The van der Waals surface area contributed by atoms with Gasteiger partial charge in [0.2, 0.25) is 5.88 Å². The average molecular weight is 651 g/mol. The Morgan fingerprint density at radius 2 is 1.87 bits per heavy atom. The summed E-state index contributed by atoms with van der Waals surface area (Å²) in [6.07, 6.45) is 5.41. The Kier molecular flexibility index (Phi) is 9.51. The molecule has 240 valence electrons. The van der Waals surface area contributed by atoms with Gasteiger partial charge in [0.05, 0.1) is 27.0 Å². The number of nitrogens with one attached hydrogen (secondary N) is 2. The summed E-state index contributed by atoms with van der Waals surface area (Å²) in [6.45, 7) is 5.32. The fraction of sp³-hybridized carbons (Fsp3) is 0.226. The van der Waals surface area contributed by atoms with Gasteiger partial charge < -0.3 is 24.1 Å². The van der Waals surface area contributed by atoms with Gasteiger partial charge in [0, 0.05) is 30.6 Å². The van der Waals surface area contributed by atoms with Crippen molar-refractivity contribution >= 4 is 32.7 Å². The van der Waals surface area contributed by atoms with E-state index in [2.05, 4.69) is 31.9 Å². The van der Waals surface area contributed by atoms with Gasteiger partial charge in [-0.3, -0.25) is 14.2 Å². The van der Waals surface area contributed by atoms with Crippen LogP contribution in [-0.2, 0) is 40.9 Å². The van der Waals surface area contributed by atoms with Gasteiger partial charge in [0.25, 0.3) is 15.9 Å². The zero-order valence-electron chi connectivity index (χ0n) is 25.2. The number of methoxy groups -OCH3 is 2. The molecule has 5 rings (SSSR count). The quantitative estimate of drug-likeness (QED) is 0.164. The van der Waals surface area contributed by atoms with E-state index < -0.39 is 21.8 Å². The van der Waals surface area contributed by atoms with Gasteiger partial charge in [-0.15, -0.1) is 0 Å². The number of pyridine rings is 1. The van der Waals surface area contributed by atoms with E-state index in [1.807, 2.05) is 6.92 Å². The number of nitrogens with zero attached hydrogens (tertiary/aromatic N) is 4. The Morgan fingerprint density at radius 3 is 2.61 bits per heavy atom. The second-order valence-electron chi connectivity index (χ2n) is 10.1. The number of rotatable bonds is 14. The normalized spacial score (nSPS) is 11.3. The number of aryl methyl sites for hydroxylation is 1. The Hall–Kier alpha value is -5.44. The van der Waals surface area contributed by atoms with Gasteiger partial charge >= 0.3 is 0 Å². The van der Waals surface area contributed by atoms with Crippen molar-refractivity contribution in [2.75, 3.05) is 18.9 Å². The van der Waals surface area contributed by atoms with Crippen LogP contribution in [-0.4, -0.2) is 48.5 Å². The van der Waals surface area contributed by atoms with Crippen LogP contribution in [0.2, 0.25) is 0 Å². The fourth-order valence-corrected chi connectivity index (χ4v) is 5.76. The highest BCUT2D eigenvalue weighted by Gasteiger charge is 2.25. The number of amides is 1. The van der Waals surface area contributed by atoms with Crippen molar-refractivity contribution in [3.05, 3.63) is 95.7 Å². The predicted molar refractivity (Wildman–Crippen MR) is 166 cm³/mol. The van der Waals surface area contributed by atoms with E-state index in [1.165, 1.54) is 20.4 Å². The third-order valence-corrected chi connectivity index (χ3v) is 8.25. The van der Waals surface area contributed by atoms with Crippen molar-refractivity contribution in [3.8, 4) is 17.4 Å². The number of hydrogen-bond donors (Lipinski definition) is 2. The van der Waals surface area contributed by atoms with Crippen LogP contribution in [0.25, 0.3) is 11.0 Å². The molecular formula is C31H31FN6O7S. The Labute approximate surface area is 264 Å². The minimum absolute atomic E-state index is 0.0586. The van der Waals surface area contributed by atoms with Crippen LogP contribution >= 0.6 is 0 Å². The van der Waals surface area contributed by atoms with E-state index in [9.17, 15) is 17.6 Å². The molecule has 0 saturated heterocycles. The first kappa shape index (κ1) is 32.0. The maximum absolute atomic E-state index is 13.8. The molecule has 0 atom stereocenters. The maximum Gasteiger partial charge on any atom is 0.279 e. The van der Waals surface area contributed by atoms with Gasteiger partial charge in [0.1, 0.15) is 28.4 Å². The molecule has 0 aliphatic rings. The molecule has 0 unspecified atom stereocenters. The number of halogens is 1. The molecule has 0 saturated carbocycles. The maximum atomic E-state index is 13.8. The van der Waals surface area contributed by atoms with Crippen LogP contribution < -0.4 is 24.2 Å². The highest BCUT2D eigenvalue weighted by atomic mass is 32.2. The first-order valence-corrected chi connectivity index (χ1v) is 15.5. The number of ether oxygens (including phenoxy) is 3. The minimum atomic E-state index is -4.22. The first-order valence-electron chi connectivity index (χ1n) is 14.0. The zero-order valence-corrected chi connectivity index (χ0v) is 26.1. The molecule has 3 aromatic heterocycles. The van der Waals surface area contributed by atoms with Crippen LogP contribution in [0.5, 0.6) is 17.4 Å². The molecule has 13 nitrogen and oxygen atoms in total. The molecule has 0 radical (unpaired) electrons. The van der Waals surface area contributed by atoms with Gasteiger partial charge in [-0.05, 0) is 53.4 Å². The van der Waals surface area contributed by atoms with E-state index in [1.54, 1.807) is 59.5 Å². The molecule has 2 aromatic carbocycles. The van der Waals surface area contributed by atoms with Crippen molar-refractivity contribution in [1.82, 2.24) is 25.2 Å². The van der Waals surface area contributed by atoms with Crippen LogP contribution in [0.3, 0.4) is 0 Å². The number of anilines is 1. The van der Waals surface area contributed by atoms with E-state index in [4.69, 9.17) is 18.7 Å². The van der Waals surface area contributed by atoms with Crippen LogP contribution in [0.4, 0.5) is 10.2 Å². The lowest BCUT2D eigenvalue weighted by molar-refractivity contribution is -0.119. The molecule has 0 fully saturated rings. The second-order valence-corrected chi connectivity index (χ2v) is 11.7. The van der Waals surface area contributed by atoms with Crippen LogP contribution in [0, 0.1) is 0 Å². The molecular weight excluding hydrogens is 619 g/mol. The van der Waals surface area contributed by atoms with Crippen molar-refractivity contribution in [2.24, 2.45) is 0 Å². The number of sulfonamides is 1. The number of fused-ring (bicyclic) bond motifs is 1. The lowest BCUT2D eigenvalue weighted by Crippen LogP contribution is -2.22. The molecule has 15 heteroatoms. The Balaban J connectivity index is 1.38. The topological polar surface area (TPSA) is 160 Å². The summed E-state index contributed by atoms with van der Waals surface area (Å²) >= 11 is 0. The fourth-order valence-electron chi connectivity index (χ4n) is 4.56. The average Bonchev–Trinajstić information content (AvgIpc) is 3.68. The zero-order chi connectivity index (χ0) is 32.8. The van der Waals surface area contributed by atoms with Crippen LogP contribution in [0.1, 0.15) is 29.2 Å². The molecule has 1 amide bonds. The molecule has 5 aromatic rings. The molecule has 3 heterocycles. The third-order valence-electron chi connectivity index (χ3n) is 6.89. The predicted octanol–water partition coefficient (Wildman–Crippen LogP) is 4.53. The van der Waals surface area contributed by atoms with Crippen molar-refractivity contribution in [1.29, 1.82) is 0 Å². The van der Waals surface area contributed by atoms with Gasteiger partial charge in [-0.2, -0.15) is 5.10 Å². The third kappa shape index (κ3) is 7.26. The highest BCUT2D eigenvalue weighted by molar-refractivity contribution is 7.92. The summed E-state index contributed by atoms with van der Waals surface area (Å²) in [5.41, 5.74) is 3.17. The standard InChI is InChI=1S/C31H31FN6O7S/c1-5-20-6-7-24(44-18-21-8-9-33-28(13-21)43-4)27(12-20)46(40,41)37-30-29-25(42-3)10-22(11-26(29)45-36-30)16-38-17-23(15-35-38)14-34-31(39)19(2)32/h6-13,15,17H,2,5,14,16,18H2,1,3-4H3,(H,34,39)(H,36,37). The smallest absolute Gasteiger partial charge is 0.279 e. The number of aromatic nitrogens is 4. The SMILES string of the molecule is C=C(F)C(=O)NCc1cnn(Cc2cc(OC)c3c(NS(=O)(=O)c4cc(CC)ccc4OCc4ccnc(OC)c4)noc3c2)c1. The lowest BCUT2D eigenvalue weighted by Gasteiger charge is -2.14. The van der Waals surface area contributed by atoms with Gasteiger partial charge in [-0.25, -0.2) is 17.8 Å². The molecule has 0 bridgehead atoms. The second kappa shape index (κ2) is 13.7. The molecule has 0 aliphatic heterocycles. The summed E-state index contributed by atoms with van der Waals surface area (Å²) in [4.78, 5) is 15.4. The summed E-state index contributed by atoms with van der Waals surface area (Å²) in [5.74, 6) is -1.15. The summed E-state index contributed by atoms with van der Waals surface area (Å²) in [7, 11) is -1.26. The molecule has 0 aliphatic carbocycles. The summed E-state index contributed by atoms with van der Waals surface area (Å²) in [6, 6.07) is 11.8. The van der Waals surface area contributed by atoms with Gasteiger partial charge in [0.15, 0.2) is 17.2 Å². The van der Waals surface area contributed by atoms with E-state index in [0.717, 1.165) is 11.1 Å². The minimum Gasteiger partial charge on any atom is -0.496 e. The lowest BCUT2D eigenvalue weighted by atomic mass is 10.1. The van der Waals surface area contributed by atoms with Crippen LogP contribution in [0.15, 0.2) is 82.9 Å². The van der Waals surface area contributed by atoms with Crippen molar-refractivity contribution in [2.45, 2.75) is 37.9 Å². The monoisotopic (exact) mass is 650 g/mol. The Bertz CT molecular complexity index is 2010. The first-order chi connectivity index (χ1) is 22.1. The highest BCUT2D eigenvalue weighted by Crippen LogP contribution is 2.36. The number of hydrogen-bond acceptors (Lipinski definition) is 10. The molecule has 46 heavy (non-hydrogen) atoms. The van der Waals surface area contributed by atoms with Gasteiger partial charge in [-0.1, -0.05) is 24.7 Å². The van der Waals surface area contributed by atoms with Crippen molar-refractivity contribution in [3.63, 3.8) is 0 Å². The number of carbonyl (C=O) groups is 1. The number of benzene rings is 2. The van der Waals surface area contributed by atoms with E-state index >= 15 is 0 Å².